The van der Waals surface area contributed by atoms with Gasteiger partial charge in [-0.2, -0.15) is 4.98 Å². The lowest BCUT2D eigenvalue weighted by Crippen LogP contribution is -2.17. The lowest BCUT2D eigenvalue weighted by Gasteiger charge is -2.17. The zero-order valence-electron chi connectivity index (χ0n) is 11.6. The number of nitrogens with zero attached hydrogens (tertiary/aromatic N) is 2. The third-order valence-electron chi connectivity index (χ3n) is 2.81. The monoisotopic (exact) mass is 260 g/mol. The van der Waals surface area contributed by atoms with E-state index in [1.807, 2.05) is 31.2 Å². The summed E-state index contributed by atoms with van der Waals surface area (Å²) in [6.07, 6.45) is 1.08. The highest BCUT2D eigenvalue weighted by Crippen LogP contribution is 2.25. The molecule has 0 aliphatic heterocycles. The first-order valence-corrected chi connectivity index (χ1v) is 6.50. The number of fused-ring (bicyclic) bond motifs is 1. The van der Waals surface area contributed by atoms with Gasteiger partial charge in [-0.15, -0.1) is 0 Å². The highest BCUT2D eigenvalue weighted by Gasteiger charge is 2.12. The van der Waals surface area contributed by atoms with Gasteiger partial charge in [0.05, 0.1) is 17.0 Å². The molecule has 0 aliphatic rings. The predicted octanol–water partition coefficient (Wildman–Crippen LogP) is 2.73. The Kier molecular flexibility index (Phi) is 4.16. The lowest BCUT2D eigenvalue weighted by atomic mass is 10.1. The van der Waals surface area contributed by atoms with Crippen LogP contribution in [0.4, 0.5) is 5.95 Å². The molecule has 0 fully saturated rings. The maximum Gasteiger partial charge on any atom is 0.241 e. The topological polar surface area (TPSA) is 73.1 Å². The van der Waals surface area contributed by atoms with Gasteiger partial charge in [0.15, 0.2) is 0 Å². The third kappa shape index (κ3) is 3.32. The van der Waals surface area contributed by atoms with Crippen molar-refractivity contribution >= 4 is 16.9 Å². The molecular formula is C14H20N4O. The van der Waals surface area contributed by atoms with Crippen LogP contribution in [0.15, 0.2) is 24.3 Å². The second-order valence-electron chi connectivity index (χ2n) is 5.07. The highest BCUT2D eigenvalue weighted by molar-refractivity contribution is 5.84. The van der Waals surface area contributed by atoms with E-state index in [1.165, 1.54) is 0 Å². The first-order chi connectivity index (χ1) is 9.10. The van der Waals surface area contributed by atoms with Crippen molar-refractivity contribution in [2.45, 2.75) is 33.3 Å². The fourth-order valence-corrected chi connectivity index (χ4v) is 2.10. The van der Waals surface area contributed by atoms with Gasteiger partial charge in [-0.3, -0.25) is 5.43 Å². The number of nitrogen functional groups attached to an aromatic ring is 1. The molecule has 1 unspecified atom stereocenters. The molecule has 0 radical (unpaired) electrons. The van der Waals surface area contributed by atoms with Crippen molar-refractivity contribution in [1.82, 2.24) is 9.97 Å². The summed E-state index contributed by atoms with van der Waals surface area (Å²) in [6.45, 7) is 6.39. The normalized spacial score (nSPS) is 12.7. The molecule has 102 valence electrons. The SMILES string of the molecule is CC(C)CC(C)Oc1nc(NN)nc2ccccc12. The van der Waals surface area contributed by atoms with Crippen molar-refractivity contribution in [2.24, 2.45) is 11.8 Å². The summed E-state index contributed by atoms with van der Waals surface area (Å²) in [5, 5.41) is 0.900. The van der Waals surface area contributed by atoms with Gasteiger partial charge in [-0.1, -0.05) is 26.0 Å². The Labute approximate surface area is 113 Å². The minimum atomic E-state index is 0.101. The number of anilines is 1. The second-order valence-corrected chi connectivity index (χ2v) is 5.07. The Bertz CT molecular complexity index is 556. The first-order valence-electron chi connectivity index (χ1n) is 6.50. The van der Waals surface area contributed by atoms with E-state index >= 15 is 0 Å². The van der Waals surface area contributed by atoms with Crippen LogP contribution in [-0.2, 0) is 0 Å². The van der Waals surface area contributed by atoms with Crippen molar-refractivity contribution < 1.29 is 4.74 Å². The molecule has 5 nitrogen and oxygen atoms in total. The van der Waals surface area contributed by atoms with Crippen molar-refractivity contribution in [3.05, 3.63) is 24.3 Å². The molecule has 0 aliphatic carbocycles. The van der Waals surface area contributed by atoms with Gasteiger partial charge < -0.3 is 4.74 Å². The Morgan fingerprint density at radius 1 is 1.21 bits per heavy atom. The van der Waals surface area contributed by atoms with Crippen LogP contribution < -0.4 is 16.0 Å². The summed E-state index contributed by atoms with van der Waals surface area (Å²) in [5.41, 5.74) is 3.29. The van der Waals surface area contributed by atoms with Crippen LogP contribution >= 0.6 is 0 Å². The van der Waals surface area contributed by atoms with E-state index in [2.05, 4.69) is 29.2 Å². The van der Waals surface area contributed by atoms with Gasteiger partial charge in [0, 0.05) is 0 Å². The van der Waals surface area contributed by atoms with Gasteiger partial charge >= 0.3 is 0 Å². The number of hydrogen-bond donors (Lipinski definition) is 2. The van der Waals surface area contributed by atoms with Crippen LogP contribution in [0.25, 0.3) is 10.9 Å². The number of benzene rings is 1. The quantitative estimate of drug-likeness (QED) is 0.638. The number of ether oxygens (including phenoxy) is 1. The Morgan fingerprint density at radius 2 is 1.95 bits per heavy atom. The van der Waals surface area contributed by atoms with Crippen molar-refractivity contribution in [3.8, 4) is 5.88 Å². The van der Waals surface area contributed by atoms with Gasteiger partial charge in [0.2, 0.25) is 11.8 Å². The Morgan fingerprint density at radius 3 is 2.63 bits per heavy atom. The fourth-order valence-electron chi connectivity index (χ4n) is 2.10. The van der Waals surface area contributed by atoms with Crippen molar-refractivity contribution in [3.63, 3.8) is 0 Å². The summed E-state index contributed by atoms with van der Waals surface area (Å²) in [5.74, 6) is 6.91. The van der Waals surface area contributed by atoms with E-state index in [9.17, 15) is 0 Å². The molecule has 0 spiro atoms. The number of para-hydroxylation sites is 1. The summed E-state index contributed by atoms with van der Waals surface area (Å²) in [4.78, 5) is 8.59. The van der Waals surface area contributed by atoms with Gasteiger partial charge in [-0.25, -0.2) is 10.8 Å². The molecule has 2 aromatic rings. The molecule has 1 atom stereocenters. The van der Waals surface area contributed by atoms with Crippen LogP contribution in [0.2, 0.25) is 0 Å². The van der Waals surface area contributed by atoms with Gasteiger partial charge in [-0.05, 0) is 31.4 Å². The van der Waals surface area contributed by atoms with E-state index in [-0.39, 0.29) is 6.10 Å². The molecule has 0 saturated carbocycles. The summed E-state index contributed by atoms with van der Waals surface area (Å²) in [6, 6.07) is 7.74. The standard InChI is InChI=1S/C14H20N4O/c1-9(2)8-10(3)19-13-11-6-4-5-7-12(11)16-14(17-13)18-15/h4-7,9-10H,8,15H2,1-3H3,(H,16,17,18). The average molecular weight is 260 g/mol. The molecule has 1 heterocycles. The average Bonchev–Trinajstić information content (AvgIpc) is 2.37. The van der Waals surface area contributed by atoms with E-state index < -0.39 is 0 Å². The Balaban J connectivity index is 2.35. The minimum absolute atomic E-state index is 0.101. The zero-order chi connectivity index (χ0) is 13.8. The maximum atomic E-state index is 5.93. The fraction of sp³-hybridized carbons (Fsp3) is 0.429. The van der Waals surface area contributed by atoms with Crippen LogP contribution in [0, 0.1) is 5.92 Å². The van der Waals surface area contributed by atoms with E-state index in [1.54, 1.807) is 0 Å². The smallest absolute Gasteiger partial charge is 0.241 e. The summed E-state index contributed by atoms with van der Waals surface area (Å²) < 4.78 is 5.93. The molecule has 0 saturated heterocycles. The molecule has 0 amide bonds. The highest BCUT2D eigenvalue weighted by atomic mass is 16.5. The number of hydrazine groups is 1. The summed E-state index contributed by atoms with van der Waals surface area (Å²) in [7, 11) is 0. The lowest BCUT2D eigenvalue weighted by molar-refractivity contribution is 0.188. The van der Waals surface area contributed by atoms with Crippen LogP contribution in [0.5, 0.6) is 5.88 Å². The zero-order valence-corrected chi connectivity index (χ0v) is 11.6. The maximum absolute atomic E-state index is 5.93. The molecule has 3 N–H and O–H groups in total. The largest absolute Gasteiger partial charge is 0.474 e. The summed E-state index contributed by atoms with van der Waals surface area (Å²) >= 11 is 0. The third-order valence-corrected chi connectivity index (χ3v) is 2.81. The number of aromatic nitrogens is 2. The molecule has 19 heavy (non-hydrogen) atoms. The number of nitrogens with one attached hydrogen (secondary N) is 1. The first kappa shape index (κ1) is 13.5. The molecule has 2 rings (SSSR count). The number of nitrogens with two attached hydrogens (primary N) is 1. The van der Waals surface area contributed by atoms with Crippen LogP contribution in [0.1, 0.15) is 27.2 Å². The molecule has 0 bridgehead atoms. The Hall–Kier alpha value is -1.88. The molecule has 1 aromatic carbocycles. The predicted molar refractivity (Wildman–Crippen MR) is 76.9 cm³/mol. The van der Waals surface area contributed by atoms with Crippen molar-refractivity contribution in [1.29, 1.82) is 0 Å². The molecule has 1 aromatic heterocycles. The second kappa shape index (κ2) is 5.84. The van der Waals surface area contributed by atoms with Gasteiger partial charge in [0.25, 0.3) is 0 Å². The van der Waals surface area contributed by atoms with E-state index in [4.69, 9.17) is 10.6 Å². The number of hydrogen-bond acceptors (Lipinski definition) is 5. The number of rotatable bonds is 5. The van der Waals surface area contributed by atoms with E-state index in [0.29, 0.717) is 17.7 Å². The van der Waals surface area contributed by atoms with Crippen LogP contribution in [0.3, 0.4) is 0 Å². The minimum Gasteiger partial charge on any atom is -0.474 e. The molecular weight excluding hydrogens is 240 g/mol. The van der Waals surface area contributed by atoms with Gasteiger partial charge in [0.1, 0.15) is 0 Å². The van der Waals surface area contributed by atoms with Crippen LogP contribution in [-0.4, -0.2) is 16.1 Å². The van der Waals surface area contributed by atoms with E-state index in [0.717, 1.165) is 17.3 Å². The molecule has 5 heteroatoms. The van der Waals surface area contributed by atoms with Crippen molar-refractivity contribution in [2.75, 3.05) is 5.43 Å².